The lowest BCUT2D eigenvalue weighted by Gasteiger charge is -2.28. The third kappa shape index (κ3) is 11.1. The summed E-state index contributed by atoms with van der Waals surface area (Å²) in [7, 11) is 1.00. The molecule has 9 nitrogen and oxygen atoms in total. The minimum atomic E-state index is -3.62. The molecular formula is C33H52N2O7. The number of aliphatic hydroxyl groups excluding tert-OH is 1. The van der Waals surface area contributed by atoms with E-state index in [1.807, 2.05) is 0 Å². The van der Waals surface area contributed by atoms with Crippen LogP contribution in [0.15, 0.2) is 24.3 Å². The van der Waals surface area contributed by atoms with E-state index < -0.39 is 108 Å². The zero-order chi connectivity index (χ0) is 48.6. The van der Waals surface area contributed by atoms with Crippen molar-refractivity contribution in [3.63, 3.8) is 0 Å². The minimum Gasteiger partial charge on any atom is -0.426 e. The molecule has 0 unspecified atom stereocenters. The van der Waals surface area contributed by atoms with Crippen LogP contribution in [-0.4, -0.2) is 29.1 Å². The molecule has 0 amide bonds. The van der Waals surface area contributed by atoms with Gasteiger partial charge in [-0.2, -0.15) is 0 Å². The predicted octanol–water partition coefficient (Wildman–Crippen LogP) is 7.51. The normalized spacial score (nSPS) is 20.0. The molecule has 0 aliphatic heterocycles. The SMILES string of the molecule is CO.[2H]C([2H])([2H])C(c1cc(C(C)(C)C)c(N)cc1OC(C)=O)(C([2H])([2H])[2H])C([2H])([2H])[2H].[2H]C([2H])([2H])C(c1cc(C(C)(C)C)c([N+](=O)[O-])cc1OC(C)=O)(C([2H])([2H])[2H])C([2H])([2H])[2H]. The summed E-state index contributed by atoms with van der Waals surface area (Å²) in [5.74, 6) is -3.21. The molecule has 0 atom stereocenters. The summed E-state index contributed by atoms with van der Waals surface area (Å²) in [5, 5.41) is 18.6. The molecule has 42 heavy (non-hydrogen) atoms. The third-order valence-corrected chi connectivity index (χ3v) is 5.38. The van der Waals surface area contributed by atoms with Crippen LogP contribution in [0.3, 0.4) is 0 Å². The Kier molecular flexibility index (Phi) is 5.93. The Bertz CT molecular complexity index is 1810. The van der Waals surface area contributed by atoms with Crippen molar-refractivity contribution in [2.75, 3.05) is 12.8 Å². The lowest BCUT2D eigenvalue weighted by atomic mass is 9.79. The van der Waals surface area contributed by atoms with Crippen molar-refractivity contribution in [3.8, 4) is 11.5 Å². The number of hydrogen-bond donors (Lipinski definition) is 2. The second kappa shape index (κ2) is 14.1. The van der Waals surface area contributed by atoms with Crippen LogP contribution in [0.1, 0.15) is 143 Å². The fraction of sp³-hybridized carbons (Fsp3) is 0.576. The molecule has 2 aromatic rings. The number of ether oxygens (including phenoxy) is 2. The van der Waals surface area contributed by atoms with Gasteiger partial charge in [-0.3, -0.25) is 19.7 Å². The maximum atomic E-state index is 11.6. The van der Waals surface area contributed by atoms with E-state index in [4.69, 9.17) is 45.0 Å². The average Bonchev–Trinajstić information content (AvgIpc) is 2.94. The standard InChI is InChI=1S/C16H23NO4.C16H25NO2.CH4O/c1-10(18)21-14-9-13(17(19)20)11(15(2,3)4)8-12(14)16(5,6)7;1-10(18)19-14-9-13(17)11(15(2,3)4)8-12(14)16(5,6)7;1-2/h8-9H,1-7H3;8-9H,17H2,1-7H3;2H,1H3/i2*5D3,6D3,7D3;. The van der Waals surface area contributed by atoms with Crippen molar-refractivity contribution in [3.05, 3.63) is 56.6 Å². The van der Waals surface area contributed by atoms with E-state index in [9.17, 15) is 19.7 Å². The first-order valence-corrected chi connectivity index (χ1v) is 12.4. The number of nitrogens with zero attached hydrogens (tertiary/aromatic N) is 1. The monoisotopic (exact) mass is 606 g/mol. The quantitative estimate of drug-likeness (QED) is 0.120. The number of nitro groups is 1. The number of anilines is 1. The van der Waals surface area contributed by atoms with E-state index in [2.05, 4.69) is 0 Å². The van der Waals surface area contributed by atoms with Crippen molar-refractivity contribution in [2.45, 2.75) is 118 Å². The Balaban J connectivity index is 0.00000112. The van der Waals surface area contributed by atoms with Gasteiger partial charge in [-0.05, 0) is 39.4 Å². The fourth-order valence-corrected chi connectivity index (χ4v) is 3.63. The molecule has 0 radical (unpaired) electrons. The van der Waals surface area contributed by atoms with Gasteiger partial charge in [-0.15, -0.1) is 0 Å². The molecule has 0 aliphatic rings. The number of hydrogen-bond acceptors (Lipinski definition) is 8. The maximum Gasteiger partial charge on any atom is 0.308 e. The van der Waals surface area contributed by atoms with Crippen molar-refractivity contribution >= 4 is 23.3 Å². The number of nitrogens with two attached hydrogens (primary N) is 1. The van der Waals surface area contributed by atoms with Crippen molar-refractivity contribution < 1.29 is 53.8 Å². The van der Waals surface area contributed by atoms with Gasteiger partial charge in [-0.1, -0.05) is 82.7 Å². The van der Waals surface area contributed by atoms with Crippen molar-refractivity contribution in [2.24, 2.45) is 0 Å². The van der Waals surface area contributed by atoms with Gasteiger partial charge in [0.25, 0.3) is 5.69 Å². The van der Waals surface area contributed by atoms with Crippen LogP contribution >= 0.6 is 0 Å². The number of carbonyl (C=O) groups is 2. The Morgan fingerprint density at radius 2 is 1.07 bits per heavy atom. The number of carbonyl (C=O) groups excluding carboxylic acids is 2. The van der Waals surface area contributed by atoms with E-state index >= 15 is 0 Å². The largest absolute Gasteiger partial charge is 0.426 e. The van der Waals surface area contributed by atoms with Gasteiger partial charge in [0.05, 0.1) is 11.0 Å². The van der Waals surface area contributed by atoms with Gasteiger partial charge >= 0.3 is 11.9 Å². The smallest absolute Gasteiger partial charge is 0.308 e. The molecule has 2 aromatic carbocycles. The summed E-state index contributed by atoms with van der Waals surface area (Å²) >= 11 is 0. The van der Waals surface area contributed by atoms with E-state index in [0.29, 0.717) is 11.6 Å². The zero-order valence-electron chi connectivity index (χ0n) is 43.2. The summed E-state index contributed by atoms with van der Waals surface area (Å²) in [5.41, 5.74) is -4.14. The van der Waals surface area contributed by atoms with Crippen LogP contribution in [-0.2, 0) is 31.2 Å². The molecule has 0 spiro atoms. The molecule has 2 rings (SSSR count). The highest BCUT2D eigenvalue weighted by Gasteiger charge is 2.31. The minimum absolute atomic E-state index is 0.111. The molecule has 0 bridgehead atoms. The van der Waals surface area contributed by atoms with Gasteiger partial charge in [0.2, 0.25) is 0 Å². The molecular weight excluding hydrogens is 536 g/mol. The Hall–Kier alpha value is -3.46. The van der Waals surface area contributed by atoms with Crippen LogP contribution in [0.5, 0.6) is 11.5 Å². The van der Waals surface area contributed by atoms with Gasteiger partial charge in [-0.25, -0.2) is 0 Å². The first-order valence-electron chi connectivity index (χ1n) is 21.4. The second-order valence-electron chi connectivity index (χ2n) is 11.2. The Morgan fingerprint density at radius 3 is 1.38 bits per heavy atom. The molecule has 0 fully saturated rings. The lowest BCUT2D eigenvalue weighted by Crippen LogP contribution is -2.20. The summed E-state index contributed by atoms with van der Waals surface area (Å²) in [4.78, 5) is 33.9. The highest BCUT2D eigenvalue weighted by molar-refractivity contribution is 5.72. The molecule has 0 saturated heterocycles. The first kappa shape index (κ1) is 17.6. The summed E-state index contributed by atoms with van der Waals surface area (Å²) in [6.07, 6.45) is 0. The van der Waals surface area contributed by atoms with Gasteiger partial charge in [0, 0.05) is 74.1 Å². The summed E-state index contributed by atoms with van der Waals surface area (Å²) < 4.78 is 152. The third-order valence-electron chi connectivity index (χ3n) is 5.38. The molecule has 0 heterocycles. The highest BCUT2D eigenvalue weighted by Crippen LogP contribution is 2.41. The van der Waals surface area contributed by atoms with Crippen LogP contribution in [0.2, 0.25) is 0 Å². The molecule has 236 valence electrons. The Morgan fingerprint density at radius 1 is 0.714 bits per heavy atom. The van der Waals surface area contributed by atoms with Gasteiger partial charge in [0.15, 0.2) is 0 Å². The highest BCUT2D eigenvalue weighted by atomic mass is 16.6. The Labute approximate surface area is 277 Å². The van der Waals surface area contributed by atoms with Crippen LogP contribution in [0, 0.1) is 10.1 Å². The molecule has 0 aliphatic carbocycles. The van der Waals surface area contributed by atoms with E-state index in [0.717, 1.165) is 39.2 Å². The topological polar surface area (TPSA) is 142 Å². The maximum absolute atomic E-state index is 11.6. The molecule has 3 N–H and O–H groups in total. The second-order valence-corrected chi connectivity index (χ2v) is 11.2. The van der Waals surface area contributed by atoms with Gasteiger partial charge < -0.3 is 20.3 Å². The summed E-state index contributed by atoms with van der Waals surface area (Å²) in [6.45, 7) is -9.49. The summed E-state index contributed by atoms with van der Waals surface area (Å²) in [6, 6.07) is 3.78. The lowest BCUT2D eigenvalue weighted by molar-refractivity contribution is -0.386. The number of aliphatic hydroxyl groups is 1. The number of nitro benzene ring substituents is 1. The number of nitrogen functional groups attached to an aromatic ring is 1. The van der Waals surface area contributed by atoms with Gasteiger partial charge in [0.1, 0.15) is 11.5 Å². The molecule has 0 aromatic heterocycles. The predicted molar refractivity (Wildman–Crippen MR) is 170 cm³/mol. The zero-order valence-corrected chi connectivity index (χ0v) is 25.2. The van der Waals surface area contributed by atoms with E-state index in [-0.39, 0.29) is 11.3 Å². The van der Waals surface area contributed by atoms with Crippen molar-refractivity contribution in [1.82, 2.24) is 0 Å². The molecule has 0 saturated carbocycles. The van der Waals surface area contributed by atoms with Crippen LogP contribution in [0.4, 0.5) is 11.4 Å². The van der Waals surface area contributed by atoms with Crippen LogP contribution in [0.25, 0.3) is 0 Å². The number of benzene rings is 2. The fourth-order valence-electron chi connectivity index (χ4n) is 3.63. The first-order chi connectivity index (χ1) is 26.3. The van der Waals surface area contributed by atoms with E-state index in [1.54, 1.807) is 41.5 Å². The van der Waals surface area contributed by atoms with Crippen molar-refractivity contribution in [1.29, 1.82) is 0 Å². The van der Waals surface area contributed by atoms with Crippen LogP contribution < -0.4 is 15.2 Å². The van der Waals surface area contributed by atoms with E-state index in [1.165, 1.54) is 0 Å². The molecule has 9 heteroatoms. The number of rotatable bonds is 3. The average molecular weight is 607 g/mol. The number of esters is 2.